The summed E-state index contributed by atoms with van der Waals surface area (Å²) in [5.74, 6) is 1.74. The Hall–Kier alpha value is -2.87. The number of nitrogens with zero attached hydrogens (tertiary/aromatic N) is 4. The van der Waals surface area contributed by atoms with Crippen molar-refractivity contribution in [2.75, 3.05) is 18.0 Å². The van der Waals surface area contributed by atoms with Gasteiger partial charge in [-0.15, -0.1) is 0 Å². The quantitative estimate of drug-likeness (QED) is 0.864. The van der Waals surface area contributed by atoms with Crippen LogP contribution in [0.15, 0.2) is 37.2 Å². The van der Waals surface area contributed by atoms with Crippen LogP contribution in [0.2, 0.25) is 0 Å². The Morgan fingerprint density at radius 1 is 1.33 bits per heavy atom. The molecule has 0 radical (unpaired) electrons. The molecule has 122 valence electrons. The van der Waals surface area contributed by atoms with E-state index in [-0.39, 0.29) is 6.10 Å². The zero-order chi connectivity index (χ0) is 16.9. The van der Waals surface area contributed by atoms with Gasteiger partial charge >= 0.3 is 0 Å². The minimum Gasteiger partial charge on any atom is -0.490 e. The Balaban J connectivity index is 1.64. The Morgan fingerprint density at radius 2 is 2.12 bits per heavy atom. The van der Waals surface area contributed by atoms with Crippen molar-refractivity contribution in [1.29, 1.82) is 5.26 Å². The SMILES string of the molecule is C=Cc1ncnc(N2CCC(Oc3cccc(C#N)c3)CC2)c1C. The third-order valence-electron chi connectivity index (χ3n) is 4.30. The van der Waals surface area contributed by atoms with Crippen molar-refractivity contribution in [3.63, 3.8) is 0 Å². The number of ether oxygens (including phenoxy) is 1. The van der Waals surface area contributed by atoms with E-state index in [4.69, 9.17) is 10.00 Å². The highest BCUT2D eigenvalue weighted by Crippen LogP contribution is 2.25. The van der Waals surface area contributed by atoms with Crippen LogP contribution >= 0.6 is 0 Å². The number of rotatable bonds is 4. The first-order valence-corrected chi connectivity index (χ1v) is 8.07. The maximum Gasteiger partial charge on any atom is 0.135 e. The van der Waals surface area contributed by atoms with Gasteiger partial charge in [0.05, 0.1) is 17.3 Å². The van der Waals surface area contributed by atoms with Gasteiger partial charge in [0.15, 0.2) is 0 Å². The van der Waals surface area contributed by atoms with E-state index >= 15 is 0 Å². The number of hydrogen-bond donors (Lipinski definition) is 0. The van der Waals surface area contributed by atoms with Crippen LogP contribution in [0, 0.1) is 18.3 Å². The number of anilines is 1. The lowest BCUT2D eigenvalue weighted by Crippen LogP contribution is -2.39. The zero-order valence-electron chi connectivity index (χ0n) is 13.8. The van der Waals surface area contributed by atoms with Crippen molar-refractivity contribution in [2.24, 2.45) is 0 Å². The predicted molar refractivity (Wildman–Crippen MR) is 93.9 cm³/mol. The molecule has 0 saturated carbocycles. The molecule has 3 rings (SSSR count). The van der Waals surface area contributed by atoms with Crippen LogP contribution in [-0.4, -0.2) is 29.2 Å². The van der Waals surface area contributed by atoms with Gasteiger partial charge in [0.25, 0.3) is 0 Å². The molecule has 0 amide bonds. The molecule has 0 atom stereocenters. The second kappa shape index (κ2) is 7.14. The van der Waals surface area contributed by atoms with Crippen molar-refractivity contribution in [3.05, 3.63) is 54.0 Å². The molecule has 1 aliphatic heterocycles. The summed E-state index contributed by atoms with van der Waals surface area (Å²) in [5.41, 5.74) is 2.57. The molecule has 0 unspecified atom stereocenters. The lowest BCUT2D eigenvalue weighted by atomic mass is 10.1. The summed E-state index contributed by atoms with van der Waals surface area (Å²) in [6.45, 7) is 7.60. The van der Waals surface area contributed by atoms with Gasteiger partial charge in [-0.05, 0) is 31.2 Å². The maximum absolute atomic E-state index is 8.97. The van der Waals surface area contributed by atoms with E-state index in [1.165, 1.54) is 0 Å². The Kier molecular flexibility index (Phi) is 4.76. The fourth-order valence-electron chi connectivity index (χ4n) is 3.00. The zero-order valence-corrected chi connectivity index (χ0v) is 13.8. The number of benzene rings is 1. The molecule has 1 aromatic carbocycles. The Bertz CT molecular complexity index is 773. The van der Waals surface area contributed by atoms with Gasteiger partial charge in [0.1, 0.15) is 24.0 Å². The molecule has 1 fully saturated rings. The van der Waals surface area contributed by atoms with E-state index in [2.05, 4.69) is 27.5 Å². The molecule has 1 saturated heterocycles. The average Bonchev–Trinajstić information content (AvgIpc) is 2.63. The molecule has 24 heavy (non-hydrogen) atoms. The number of aromatic nitrogens is 2. The van der Waals surface area contributed by atoms with E-state index in [0.29, 0.717) is 5.56 Å². The molecule has 0 bridgehead atoms. The van der Waals surface area contributed by atoms with Crippen LogP contribution in [-0.2, 0) is 0 Å². The molecule has 2 heterocycles. The van der Waals surface area contributed by atoms with Gasteiger partial charge in [-0.25, -0.2) is 9.97 Å². The summed E-state index contributed by atoms with van der Waals surface area (Å²) in [6.07, 6.45) is 5.36. The van der Waals surface area contributed by atoms with E-state index in [0.717, 1.165) is 48.8 Å². The first-order valence-electron chi connectivity index (χ1n) is 8.07. The van der Waals surface area contributed by atoms with Crippen molar-refractivity contribution in [2.45, 2.75) is 25.9 Å². The highest BCUT2D eigenvalue weighted by molar-refractivity contribution is 5.57. The molecule has 0 aliphatic carbocycles. The van der Waals surface area contributed by atoms with Crippen LogP contribution in [0.4, 0.5) is 5.82 Å². The van der Waals surface area contributed by atoms with Crippen molar-refractivity contribution < 1.29 is 4.74 Å². The van der Waals surface area contributed by atoms with E-state index < -0.39 is 0 Å². The first-order chi connectivity index (χ1) is 11.7. The van der Waals surface area contributed by atoms with Gasteiger partial charge in [0, 0.05) is 31.5 Å². The number of hydrogen-bond acceptors (Lipinski definition) is 5. The van der Waals surface area contributed by atoms with E-state index in [9.17, 15) is 0 Å². The topological polar surface area (TPSA) is 62.0 Å². The van der Waals surface area contributed by atoms with Gasteiger partial charge in [-0.2, -0.15) is 5.26 Å². The van der Waals surface area contributed by atoms with Crippen molar-refractivity contribution in [1.82, 2.24) is 9.97 Å². The van der Waals surface area contributed by atoms with Crippen LogP contribution in [0.5, 0.6) is 5.75 Å². The Morgan fingerprint density at radius 3 is 2.83 bits per heavy atom. The number of piperidine rings is 1. The summed E-state index contributed by atoms with van der Waals surface area (Å²) in [6, 6.07) is 9.46. The summed E-state index contributed by atoms with van der Waals surface area (Å²) in [7, 11) is 0. The average molecular weight is 320 g/mol. The third-order valence-corrected chi connectivity index (χ3v) is 4.30. The highest BCUT2D eigenvalue weighted by atomic mass is 16.5. The Labute approximate surface area is 142 Å². The molecular weight excluding hydrogens is 300 g/mol. The molecular formula is C19H20N4O. The molecule has 0 spiro atoms. The fourth-order valence-corrected chi connectivity index (χ4v) is 3.00. The molecule has 2 aromatic rings. The standard InChI is InChI=1S/C19H20N4O/c1-3-18-14(2)19(22-13-21-18)23-9-7-16(8-10-23)24-17-6-4-5-15(11-17)12-20/h3-6,11,13,16H,1,7-10H2,2H3. The monoisotopic (exact) mass is 320 g/mol. The molecule has 0 N–H and O–H groups in total. The molecule has 5 nitrogen and oxygen atoms in total. The van der Waals surface area contributed by atoms with Gasteiger partial charge in [-0.3, -0.25) is 0 Å². The van der Waals surface area contributed by atoms with Gasteiger partial charge in [-0.1, -0.05) is 12.6 Å². The fraction of sp³-hybridized carbons (Fsp3) is 0.316. The van der Waals surface area contributed by atoms with Crippen molar-refractivity contribution >= 4 is 11.9 Å². The molecule has 1 aliphatic rings. The smallest absolute Gasteiger partial charge is 0.135 e. The van der Waals surface area contributed by atoms with Crippen LogP contribution < -0.4 is 9.64 Å². The van der Waals surface area contributed by atoms with E-state index in [1.54, 1.807) is 24.5 Å². The van der Waals surface area contributed by atoms with Crippen LogP contribution in [0.3, 0.4) is 0 Å². The summed E-state index contributed by atoms with van der Waals surface area (Å²) in [4.78, 5) is 10.9. The minimum absolute atomic E-state index is 0.163. The highest BCUT2D eigenvalue weighted by Gasteiger charge is 2.23. The first kappa shape index (κ1) is 16.0. The van der Waals surface area contributed by atoms with Gasteiger partial charge in [0.2, 0.25) is 0 Å². The summed E-state index contributed by atoms with van der Waals surface area (Å²) in [5, 5.41) is 8.97. The van der Waals surface area contributed by atoms with Gasteiger partial charge < -0.3 is 9.64 Å². The minimum atomic E-state index is 0.163. The maximum atomic E-state index is 8.97. The summed E-state index contributed by atoms with van der Waals surface area (Å²) < 4.78 is 6.03. The second-order valence-electron chi connectivity index (χ2n) is 5.86. The largest absolute Gasteiger partial charge is 0.490 e. The van der Waals surface area contributed by atoms with E-state index in [1.807, 2.05) is 19.1 Å². The number of nitriles is 1. The molecule has 1 aromatic heterocycles. The lowest BCUT2D eigenvalue weighted by molar-refractivity contribution is 0.170. The molecule has 5 heteroatoms. The van der Waals surface area contributed by atoms with Crippen molar-refractivity contribution in [3.8, 4) is 11.8 Å². The normalized spacial score (nSPS) is 14.9. The van der Waals surface area contributed by atoms with Crippen LogP contribution in [0.1, 0.15) is 29.7 Å². The second-order valence-corrected chi connectivity index (χ2v) is 5.86. The summed E-state index contributed by atoms with van der Waals surface area (Å²) >= 11 is 0. The predicted octanol–water partition coefficient (Wildman–Crippen LogP) is 3.35. The third kappa shape index (κ3) is 3.38. The lowest BCUT2D eigenvalue weighted by Gasteiger charge is -2.33. The van der Waals surface area contributed by atoms with Crippen LogP contribution in [0.25, 0.3) is 6.08 Å².